The molecule has 3 aliphatic rings. The van der Waals surface area contributed by atoms with Crippen LogP contribution in [-0.2, 0) is 31.1 Å². The van der Waals surface area contributed by atoms with Crippen molar-refractivity contribution in [2.24, 2.45) is 0 Å². The largest absolute Gasteiger partial charge is 1.00 e. The van der Waals surface area contributed by atoms with E-state index in [2.05, 4.69) is 85.7 Å². The fourth-order valence-corrected chi connectivity index (χ4v) is 9.70. The topological polar surface area (TPSA) is 173 Å². The van der Waals surface area contributed by atoms with Gasteiger partial charge >= 0.3 is 29.6 Å². The molecule has 0 aromatic heterocycles. The van der Waals surface area contributed by atoms with Crippen molar-refractivity contribution in [1.82, 2.24) is 0 Å². The fraction of sp³-hybridized carbons (Fsp3) is 0.386. The summed E-state index contributed by atoms with van der Waals surface area (Å²) in [6.07, 6.45) is 13.1. The van der Waals surface area contributed by atoms with E-state index >= 15 is 0 Å². The first-order valence-electron chi connectivity index (χ1n) is 19.4. The number of unbranched alkanes of at least 4 members (excludes halogenated alkanes) is 2. The first kappa shape index (κ1) is 44.6. The van der Waals surface area contributed by atoms with Gasteiger partial charge in [-0.3, -0.25) is 0 Å². The molecule has 6 rings (SSSR count). The van der Waals surface area contributed by atoms with Crippen LogP contribution in [0.4, 0.5) is 22.7 Å². The summed E-state index contributed by atoms with van der Waals surface area (Å²) in [5.41, 5.74) is 24.1. The van der Waals surface area contributed by atoms with Gasteiger partial charge in [-0.2, -0.15) is 4.58 Å². The number of allylic oxidation sites excluding steroid dienone is 8. The van der Waals surface area contributed by atoms with Crippen molar-refractivity contribution < 1.29 is 60.1 Å². The van der Waals surface area contributed by atoms with Gasteiger partial charge in [0.15, 0.2) is 5.71 Å². The molecule has 0 spiro atoms. The van der Waals surface area contributed by atoms with E-state index in [4.69, 9.17) is 11.5 Å². The van der Waals surface area contributed by atoms with Crippen LogP contribution in [0.1, 0.15) is 89.3 Å². The zero-order valence-electron chi connectivity index (χ0n) is 33.8. The monoisotopic (exact) mass is 820 g/mol. The second-order valence-corrected chi connectivity index (χ2v) is 19.1. The molecular formula is C44H53N4NaO6S2. The Morgan fingerprint density at radius 2 is 1.40 bits per heavy atom. The van der Waals surface area contributed by atoms with Crippen molar-refractivity contribution in [1.29, 1.82) is 0 Å². The summed E-state index contributed by atoms with van der Waals surface area (Å²) >= 11 is 0. The Morgan fingerprint density at radius 3 is 2.09 bits per heavy atom. The number of hydrogen-bond donors (Lipinski definition) is 2. The first-order valence-corrected chi connectivity index (χ1v) is 22.5. The van der Waals surface area contributed by atoms with Gasteiger partial charge in [0.25, 0.3) is 0 Å². The van der Waals surface area contributed by atoms with Gasteiger partial charge in [0.05, 0.1) is 37.0 Å². The molecule has 4 N–H and O–H groups in total. The zero-order valence-corrected chi connectivity index (χ0v) is 37.4. The normalized spacial score (nSPS) is 19.1. The molecule has 2 aliphatic heterocycles. The Balaban J connectivity index is 0.00000620. The second kappa shape index (κ2) is 17.8. The standard InChI is InChI=1S/C44H54N4O6S2.Na/c1-43(2)34-16-5-7-18-38(34)47(26-9-11-28-55(49,50)51)40(43)24-21-31-14-13-15-32(42(31)33-20-23-36(45)37(46)30-33)22-25-41-44(3,4)35-17-6-8-19-39(35)48(41)27-10-12-29-56(52,53)54;/h5-8,16-25,30,45H,9-15,26-29,46H2,1-4H3,(H2,49,50,51,52,53,54);/q;+1/p-1/b31-21+,40-24+;. The third-order valence-corrected chi connectivity index (χ3v) is 13.0. The number of anilines is 3. The van der Waals surface area contributed by atoms with Crippen LogP contribution < -0.4 is 45.9 Å². The van der Waals surface area contributed by atoms with Crippen molar-refractivity contribution in [3.05, 3.63) is 125 Å². The molecule has 10 nitrogen and oxygen atoms in total. The van der Waals surface area contributed by atoms with E-state index in [-0.39, 0.29) is 51.9 Å². The smallest absolute Gasteiger partial charge is 0.748 e. The minimum absolute atomic E-state index is 0. The summed E-state index contributed by atoms with van der Waals surface area (Å²) in [7, 11) is -8.57. The minimum Gasteiger partial charge on any atom is -0.748 e. The molecule has 298 valence electrons. The molecule has 0 radical (unpaired) electrons. The van der Waals surface area contributed by atoms with E-state index in [1.807, 2.05) is 42.5 Å². The molecule has 0 saturated carbocycles. The molecule has 3 aromatic carbocycles. The number of nitrogen functional groups attached to an aromatic ring is 2. The number of nitrogens with two attached hydrogens (primary N) is 2. The average molecular weight is 821 g/mol. The van der Waals surface area contributed by atoms with Crippen LogP contribution in [0.25, 0.3) is 5.57 Å². The van der Waals surface area contributed by atoms with Gasteiger partial charge in [0.2, 0.25) is 5.69 Å². The number of para-hydroxylation sites is 2. The molecule has 0 atom stereocenters. The minimum atomic E-state index is -4.28. The molecule has 0 amide bonds. The maximum atomic E-state index is 11.3. The summed E-state index contributed by atoms with van der Waals surface area (Å²) in [5, 5.41) is 0. The van der Waals surface area contributed by atoms with Crippen LogP contribution in [0, 0.1) is 0 Å². The van der Waals surface area contributed by atoms with Gasteiger partial charge in [0.1, 0.15) is 6.54 Å². The molecule has 3 aromatic rings. The van der Waals surface area contributed by atoms with Crippen molar-refractivity contribution in [3.8, 4) is 0 Å². The van der Waals surface area contributed by atoms with Crippen molar-refractivity contribution in [2.75, 3.05) is 41.0 Å². The molecule has 2 heterocycles. The molecule has 0 unspecified atom stereocenters. The van der Waals surface area contributed by atoms with E-state index in [1.54, 1.807) is 0 Å². The summed E-state index contributed by atoms with van der Waals surface area (Å²) < 4.78 is 70.3. The maximum Gasteiger partial charge on any atom is 1.00 e. The maximum absolute atomic E-state index is 11.3. The average Bonchev–Trinajstić information content (AvgIpc) is 3.48. The summed E-state index contributed by atoms with van der Waals surface area (Å²) in [6, 6.07) is 22.4. The van der Waals surface area contributed by atoms with Crippen molar-refractivity contribution in [3.63, 3.8) is 0 Å². The van der Waals surface area contributed by atoms with E-state index in [9.17, 15) is 25.9 Å². The summed E-state index contributed by atoms with van der Waals surface area (Å²) in [4.78, 5) is 2.26. The number of hydrogen-bond acceptors (Lipinski definition) is 9. The Labute approximate surface area is 360 Å². The number of rotatable bonds is 14. The quantitative estimate of drug-likeness (QED) is 0.0770. The second-order valence-electron chi connectivity index (χ2n) is 16.1. The van der Waals surface area contributed by atoms with Gasteiger partial charge < -0.3 is 25.5 Å². The van der Waals surface area contributed by atoms with E-state index in [0.29, 0.717) is 50.1 Å². The molecular weight excluding hydrogens is 768 g/mol. The third-order valence-electron chi connectivity index (χ3n) is 11.4. The van der Waals surface area contributed by atoms with Gasteiger partial charge in [-0.25, -0.2) is 16.8 Å². The molecule has 0 bridgehead atoms. The van der Waals surface area contributed by atoms with Crippen LogP contribution in [0.2, 0.25) is 0 Å². The van der Waals surface area contributed by atoms with Gasteiger partial charge in [-0.05, 0) is 104 Å². The van der Waals surface area contributed by atoms with Crippen LogP contribution in [0.3, 0.4) is 0 Å². The SMILES string of the molecule is CC1(C)C(/C=C/C2=C(c3ccc(N)c(N)c3)C(=C/C=C3/N(CCCCS(=O)(=O)[O-])c4ccccc4C3(C)C)/CCC2)=[N+](CCCCS(=O)(=O)[O-])c2ccccc21.[Na+]. The van der Waals surface area contributed by atoms with Crippen LogP contribution in [-0.4, -0.2) is 60.8 Å². The number of fused-ring (bicyclic) bond motifs is 2. The Kier molecular flexibility index (Phi) is 13.9. The first-order chi connectivity index (χ1) is 26.4. The van der Waals surface area contributed by atoms with Gasteiger partial charge in [-0.15, -0.1) is 0 Å². The van der Waals surface area contributed by atoms with E-state index < -0.39 is 20.2 Å². The van der Waals surface area contributed by atoms with Crippen molar-refractivity contribution in [2.45, 2.75) is 83.5 Å². The van der Waals surface area contributed by atoms with E-state index in [1.165, 1.54) is 11.1 Å². The van der Waals surface area contributed by atoms with Gasteiger partial charge in [0, 0.05) is 59.0 Å². The van der Waals surface area contributed by atoms with Gasteiger partial charge in [-0.1, -0.05) is 68.5 Å². The summed E-state index contributed by atoms with van der Waals surface area (Å²) in [6.45, 7) is 9.97. The third kappa shape index (κ3) is 10.0. The Hall–Kier alpha value is -3.49. The number of benzene rings is 3. The van der Waals surface area contributed by atoms with Crippen LogP contribution in [0.5, 0.6) is 0 Å². The predicted molar refractivity (Wildman–Crippen MR) is 225 cm³/mol. The molecule has 0 fully saturated rings. The fourth-order valence-electron chi connectivity index (χ4n) is 8.58. The van der Waals surface area contributed by atoms with Crippen LogP contribution in [0.15, 0.2) is 108 Å². The number of nitrogens with zero attached hydrogens (tertiary/aromatic N) is 2. The van der Waals surface area contributed by atoms with Crippen molar-refractivity contribution >= 4 is 54.3 Å². The predicted octanol–water partition coefficient (Wildman–Crippen LogP) is 4.68. The zero-order chi connectivity index (χ0) is 40.5. The summed E-state index contributed by atoms with van der Waals surface area (Å²) in [5.74, 6) is -0.758. The van der Waals surface area contributed by atoms with Crippen LogP contribution >= 0.6 is 0 Å². The molecule has 1 aliphatic carbocycles. The molecule has 13 heteroatoms. The molecule has 0 saturated heterocycles. The van der Waals surface area contributed by atoms with E-state index in [0.717, 1.165) is 64.3 Å². The Bertz CT molecular complexity index is 2400. The Morgan fingerprint density at radius 1 is 0.754 bits per heavy atom. The molecule has 57 heavy (non-hydrogen) atoms.